The van der Waals surface area contributed by atoms with Gasteiger partial charge in [0.1, 0.15) is 5.82 Å². The van der Waals surface area contributed by atoms with Crippen molar-refractivity contribution in [1.29, 1.82) is 0 Å². The normalized spacial score (nSPS) is 12.5. The minimum Gasteiger partial charge on any atom is -0.311 e. The SMILES string of the molecule is c1ccc(N(c2ccccc2)c2ccc(-c3ccc(C4(c5ccc(-c6ccc(-c7nc8c9ccccc9c9ccccc9c8n7-c7ccccc7)cc6)cc5)c5ccccc5-c5ccccc54)cc3)cc2)cc1. The first-order valence-electron chi connectivity index (χ1n) is 25.1. The van der Waals surface area contributed by atoms with Crippen LogP contribution in [0.5, 0.6) is 0 Å². The summed E-state index contributed by atoms with van der Waals surface area (Å²) >= 11 is 0. The summed E-state index contributed by atoms with van der Waals surface area (Å²) in [5, 5.41) is 4.80. The lowest BCUT2D eigenvalue weighted by molar-refractivity contribution is 0.769. The lowest BCUT2D eigenvalue weighted by Gasteiger charge is -2.34. The molecule has 0 saturated heterocycles. The third-order valence-corrected chi connectivity index (χ3v) is 15.1. The van der Waals surface area contributed by atoms with Gasteiger partial charge in [0.2, 0.25) is 0 Å². The highest BCUT2D eigenvalue weighted by Gasteiger charge is 2.45. The average Bonchev–Trinajstić information content (AvgIpc) is 4.07. The van der Waals surface area contributed by atoms with E-state index in [0.717, 1.165) is 61.7 Å². The molecule has 0 unspecified atom stereocenters. The molecule has 0 spiro atoms. The van der Waals surface area contributed by atoms with Crippen molar-refractivity contribution < 1.29 is 0 Å². The van der Waals surface area contributed by atoms with Gasteiger partial charge in [0.25, 0.3) is 0 Å². The zero-order valence-corrected chi connectivity index (χ0v) is 40.0. The van der Waals surface area contributed by atoms with Crippen molar-refractivity contribution in [2.45, 2.75) is 5.41 Å². The quantitative estimate of drug-likeness (QED) is 0.135. The Balaban J connectivity index is 0.834. The topological polar surface area (TPSA) is 21.1 Å². The van der Waals surface area contributed by atoms with Gasteiger partial charge in [-0.25, -0.2) is 4.98 Å². The zero-order valence-electron chi connectivity index (χ0n) is 40.0. The molecule has 3 nitrogen and oxygen atoms in total. The van der Waals surface area contributed by atoms with Crippen LogP contribution >= 0.6 is 0 Å². The number of nitrogens with zero attached hydrogens (tertiary/aromatic N) is 3. The Kier molecular flexibility index (Phi) is 10.1. The van der Waals surface area contributed by atoms with Crippen LogP contribution in [0.25, 0.3) is 83.0 Å². The second-order valence-electron chi connectivity index (χ2n) is 19.0. The summed E-state index contributed by atoms with van der Waals surface area (Å²) in [4.78, 5) is 7.79. The molecule has 0 bridgehead atoms. The van der Waals surface area contributed by atoms with Crippen LogP contribution in [0.2, 0.25) is 0 Å². The van der Waals surface area contributed by atoms with E-state index in [9.17, 15) is 0 Å². The predicted molar refractivity (Wildman–Crippen MR) is 304 cm³/mol. The Morgan fingerprint density at radius 3 is 1.19 bits per heavy atom. The summed E-state index contributed by atoms with van der Waals surface area (Å²) in [6.45, 7) is 0. The number of aromatic nitrogens is 2. The number of rotatable bonds is 9. The van der Waals surface area contributed by atoms with Crippen LogP contribution in [0.15, 0.2) is 285 Å². The van der Waals surface area contributed by atoms with Crippen molar-refractivity contribution >= 4 is 49.6 Å². The number of hydrogen-bond acceptors (Lipinski definition) is 2. The number of fused-ring (bicyclic) bond motifs is 9. The maximum absolute atomic E-state index is 5.48. The highest BCUT2D eigenvalue weighted by atomic mass is 15.1. The molecule has 12 aromatic carbocycles. The third-order valence-electron chi connectivity index (χ3n) is 15.1. The van der Waals surface area contributed by atoms with E-state index < -0.39 is 5.41 Å². The van der Waals surface area contributed by atoms with Gasteiger partial charge in [-0.05, 0) is 115 Å². The molecule has 0 saturated carbocycles. The highest BCUT2D eigenvalue weighted by molar-refractivity contribution is 6.24. The van der Waals surface area contributed by atoms with Crippen molar-refractivity contribution in [3.05, 3.63) is 307 Å². The van der Waals surface area contributed by atoms with Gasteiger partial charge >= 0.3 is 0 Å². The van der Waals surface area contributed by atoms with Crippen LogP contribution in [0.4, 0.5) is 17.1 Å². The van der Waals surface area contributed by atoms with Gasteiger partial charge in [-0.3, -0.25) is 4.57 Å². The fourth-order valence-electron chi connectivity index (χ4n) is 11.8. The van der Waals surface area contributed by atoms with E-state index in [-0.39, 0.29) is 0 Å². The molecule has 1 heterocycles. The Morgan fingerprint density at radius 2 is 0.671 bits per heavy atom. The van der Waals surface area contributed by atoms with Crippen LogP contribution < -0.4 is 4.90 Å². The Labute approximate surface area is 425 Å². The van der Waals surface area contributed by atoms with Crippen LogP contribution in [0, 0.1) is 0 Å². The lowest BCUT2D eigenvalue weighted by Crippen LogP contribution is -2.28. The fraction of sp³-hybridized carbons (Fsp3) is 0.0143. The maximum atomic E-state index is 5.48. The Morgan fingerprint density at radius 1 is 0.301 bits per heavy atom. The number of imidazole rings is 1. The van der Waals surface area contributed by atoms with E-state index in [1.54, 1.807) is 0 Å². The van der Waals surface area contributed by atoms with E-state index in [0.29, 0.717) is 0 Å². The first-order chi connectivity index (χ1) is 36.2. The van der Waals surface area contributed by atoms with Gasteiger partial charge in [0.15, 0.2) is 0 Å². The molecule has 14 rings (SSSR count). The number of hydrogen-bond donors (Lipinski definition) is 0. The number of para-hydroxylation sites is 3. The van der Waals surface area contributed by atoms with Crippen molar-refractivity contribution in [2.24, 2.45) is 0 Å². The fourth-order valence-corrected chi connectivity index (χ4v) is 11.8. The van der Waals surface area contributed by atoms with E-state index in [4.69, 9.17) is 4.98 Å². The predicted octanol–water partition coefficient (Wildman–Crippen LogP) is 18.2. The average molecular weight is 930 g/mol. The second kappa shape index (κ2) is 17.4. The van der Waals surface area contributed by atoms with Crippen LogP contribution in [-0.2, 0) is 5.41 Å². The minimum absolute atomic E-state index is 0.519. The minimum atomic E-state index is -0.519. The van der Waals surface area contributed by atoms with Crippen molar-refractivity contribution in [3.63, 3.8) is 0 Å². The van der Waals surface area contributed by atoms with Crippen molar-refractivity contribution in [2.75, 3.05) is 4.90 Å². The summed E-state index contributed by atoms with van der Waals surface area (Å²) < 4.78 is 2.35. The number of anilines is 3. The van der Waals surface area contributed by atoms with Crippen molar-refractivity contribution in [1.82, 2.24) is 9.55 Å². The smallest absolute Gasteiger partial charge is 0.145 e. The van der Waals surface area contributed by atoms with Gasteiger partial charge < -0.3 is 4.90 Å². The summed E-state index contributed by atoms with van der Waals surface area (Å²) in [6.07, 6.45) is 0. The summed E-state index contributed by atoms with van der Waals surface area (Å²) in [5.74, 6) is 0.922. The van der Waals surface area contributed by atoms with Gasteiger partial charge in [0, 0.05) is 39.1 Å². The monoisotopic (exact) mass is 929 g/mol. The van der Waals surface area contributed by atoms with E-state index in [1.807, 2.05) is 0 Å². The van der Waals surface area contributed by atoms with E-state index in [2.05, 4.69) is 295 Å². The van der Waals surface area contributed by atoms with E-state index >= 15 is 0 Å². The molecule has 1 aliphatic rings. The van der Waals surface area contributed by atoms with Crippen LogP contribution in [0.1, 0.15) is 22.3 Å². The molecule has 0 aliphatic heterocycles. The Hall–Kier alpha value is -9.57. The Bertz CT molecular complexity index is 4060. The van der Waals surface area contributed by atoms with E-state index in [1.165, 1.54) is 60.7 Å². The largest absolute Gasteiger partial charge is 0.311 e. The molecule has 1 aromatic heterocycles. The highest BCUT2D eigenvalue weighted by Crippen LogP contribution is 2.56. The first kappa shape index (κ1) is 42.3. The maximum Gasteiger partial charge on any atom is 0.145 e. The van der Waals surface area contributed by atoms with Gasteiger partial charge in [-0.1, -0.05) is 237 Å². The van der Waals surface area contributed by atoms with Crippen LogP contribution in [0.3, 0.4) is 0 Å². The lowest BCUT2D eigenvalue weighted by atomic mass is 9.67. The zero-order chi connectivity index (χ0) is 48.3. The number of benzene rings is 12. The molecule has 1 aliphatic carbocycles. The molecule has 0 atom stereocenters. The standard InChI is InChI=1S/C70H47N3/c1-4-18-55(19-5-1)72(56-20-6-2-7-21-56)58-46-40-51(41-47-58)50-38-44-54(45-39-50)70(65-30-16-14-26-61(65)62-27-15-17-31-66(62)70)53-42-36-49(37-43-53)48-32-34-52(35-33-48)69-71-67-63-28-12-10-24-59(63)60-25-11-13-29-64(60)68(67)73(69)57-22-8-3-9-23-57/h1-47H. The van der Waals surface area contributed by atoms with Gasteiger partial charge in [0.05, 0.1) is 16.4 Å². The molecule has 0 amide bonds. The molecule has 0 N–H and O–H groups in total. The molecular formula is C70H47N3. The first-order valence-corrected chi connectivity index (χ1v) is 25.1. The summed E-state index contributed by atoms with van der Waals surface area (Å²) in [5.41, 5.74) is 19.4. The van der Waals surface area contributed by atoms with Crippen LogP contribution in [-0.4, -0.2) is 9.55 Å². The molecule has 0 radical (unpaired) electrons. The summed E-state index contributed by atoms with van der Waals surface area (Å²) in [7, 11) is 0. The summed E-state index contributed by atoms with van der Waals surface area (Å²) in [6, 6.07) is 104. The van der Waals surface area contributed by atoms with Gasteiger partial charge in [-0.15, -0.1) is 0 Å². The van der Waals surface area contributed by atoms with Gasteiger partial charge in [-0.2, -0.15) is 0 Å². The molecular weight excluding hydrogens is 883 g/mol. The molecule has 3 heteroatoms. The molecule has 0 fully saturated rings. The van der Waals surface area contributed by atoms with Crippen molar-refractivity contribution in [3.8, 4) is 50.5 Å². The molecule has 73 heavy (non-hydrogen) atoms. The second-order valence-corrected chi connectivity index (χ2v) is 19.0. The molecule has 342 valence electrons. The third kappa shape index (κ3) is 6.85. The molecule has 13 aromatic rings.